The molecule has 1 aliphatic rings. The van der Waals surface area contributed by atoms with Crippen LogP contribution in [0, 0.1) is 0 Å². The van der Waals surface area contributed by atoms with Crippen LogP contribution in [0.3, 0.4) is 0 Å². The fourth-order valence-electron chi connectivity index (χ4n) is 2.72. The zero-order valence-corrected chi connectivity index (χ0v) is 14.8. The van der Waals surface area contributed by atoms with Gasteiger partial charge in [-0.25, -0.2) is 0 Å². The van der Waals surface area contributed by atoms with Gasteiger partial charge >= 0.3 is 7.60 Å². The minimum absolute atomic E-state index is 0.145. The van der Waals surface area contributed by atoms with Crippen LogP contribution in [0.5, 0.6) is 11.5 Å². The van der Waals surface area contributed by atoms with Crippen LogP contribution in [0.2, 0.25) is 0 Å². The fraction of sp³-hybridized carbons (Fsp3) is 0.222. The van der Waals surface area contributed by atoms with E-state index in [9.17, 15) is 9.46 Å². The average Bonchev–Trinajstić information content (AvgIpc) is 2.51. The highest BCUT2D eigenvalue weighted by molar-refractivity contribution is 7.64. The van der Waals surface area contributed by atoms with Gasteiger partial charge in [0, 0.05) is 36.6 Å². The summed E-state index contributed by atoms with van der Waals surface area (Å²) in [4.78, 5) is 12.4. The minimum Gasteiger partial charge on any atom is -0.456 e. The number of ether oxygens (including phenoxy) is 1. The Labute approximate surface area is 141 Å². The molecule has 0 spiro atoms. The van der Waals surface area contributed by atoms with Gasteiger partial charge in [0.25, 0.3) is 0 Å². The molecule has 1 heterocycles. The Morgan fingerprint density at radius 3 is 2.62 bits per heavy atom. The standard InChI is InChI=1S/C18H20NO4P/c1-5-22-24(20,21)18-14-8-6-12(2)10-16(14)23-17-11-13(19(3)4)7-9-15(17)18/h6-11H,2,5H2,1,3-4H3,(H,20,21). The van der Waals surface area contributed by atoms with Gasteiger partial charge in [0.2, 0.25) is 0 Å². The summed E-state index contributed by atoms with van der Waals surface area (Å²) in [5, 5.41) is 1.60. The third-order valence-electron chi connectivity index (χ3n) is 3.84. The first kappa shape index (κ1) is 16.8. The molecule has 0 radical (unpaired) electrons. The van der Waals surface area contributed by atoms with Crippen molar-refractivity contribution >= 4 is 25.2 Å². The van der Waals surface area contributed by atoms with Crippen molar-refractivity contribution in [1.82, 2.24) is 0 Å². The maximum atomic E-state index is 12.8. The van der Waals surface area contributed by atoms with Crippen LogP contribution in [-0.4, -0.2) is 25.6 Å². The number of nitrogens with zero attached hydrogens (tertiary/aromatic N) is 1. The lowest BCUT2D eigenvalue weighted by atomic mass is 10.1. The molecule has 126 valence electrons. The first-order valence-electron chi connectivity index (χ1n) is 7.64. The van der Waals surface area contributed by atoms with E-state index in [0.717, 1.165) is 10.9 Å². The second kappa shape index (κ2) is 6.10. The molecule has 5 nitrogen and oxygen atoms in total. The van der Waals surface area contributed by atoms with Crippen LogP contribution >= 0.6 is 7.60 Å². The number of hydrogen-bond donors (Lipinski definition) is 1. The molecule has 1 atom stereocenters. The van der Waals surface area contributed by atoms with Crippen LogP contribution < -0.4 is 20.1 Å². The Bertz CT molecular complexity index is 952. The topological polar surface area (TPSA) is 59.0 Å². The molecule has 1 aliphatic heterocycles. The van der Waals surface area contributed by atoms with Crippen molar-refractivity contribution in [2.75, 3.05) is 25.6 Å². The van der Waals surface area contributed by atoms with Gasteiger partial charge in [0.15, 0.2) is 0 Å². The van der Waals surface area contributed by atoms with Crippen molar-refractivity contribution in [1.29, 1.82) is 0 Å². The molecule has 0 bridgehead atoms. The van der Waals surface area contributed by atoms with Gasteiger partial charge in [-0.2, -0.15) is 0 Å². The second-order valence-corrected chi connectivity index (χ2v) is 7.54. The lowest BCUT2D eigenvalue weighted by Crippen LogP contribution is -2.20. The molecule has 1 N–H and O–H groups in total. The molecule has 0 aliphatic carbocycles. The highest BCUT2D eigenvalue weighted by atomic mass is 31.2. The van der Waals surface area contributed by atoms with E-state index in [2.05, 4.69) is 6.58 Å². The summed E-state index contributed by atoms with van der Waals surface area (Å²) < 4.78 is 24.0. The van der Waals surface area contributed by atoms with E-state index in [1.807, 2.05) is 31.1 Å². The quantitative estimate of drug-likeness (QED) is 0.864. The maximum absolute atomic E-state index is 12.8. The monoisotopic (exact) mass is 345 g/mol. The minimum atomic E-state index is -3.98. The number of fused-ring (bicyclic) bond motifs is 2. The molecular weight excluding hydrogens is 325 g/mol. The molecule has 24 heavy (non-hydrogen) atoms. The summed E-state index contributed by atoms with van der Waals surface area (Å²) in [6.45, 7) is 5.73. The summed E-state index contributed by atoms with van der Waals surface area (Å²) in [5.41, 5.74) is 1.51. The highest BCUT2D eigenvalue weighted by Gasteiger charge is 2.33. The molecule has 2 aromatic rings. The lowest BCUT2D eigenvalue weighted by molar-refractivity contribution is 0.284. The number of hydrogen-bond acceptors (Lipinski definition) is 4. The van der Waals surface area contributed by atoms with E-state index in [1.165, 1.54) is 0 Å². The zero-order chi connectivity index (χ0) is 17.5. The van der Waals surface area contributed by atoms with E-state index in [4.69, 9.17) is 9.26 Å². The molecule has 0 fully saturated rings. The number of rotatable bonds is 4. The van der Waals surface area contributed by atoms with E-state index in [-0.39, 0.29) is 11.9 Å². The van der Waals surface area contributed by atoms with Crippen molar-refractivity contribution in [3.05, 3.63) is 52.4 Å². The summed E-state index contributed by atoms with van der Waals surface area (Å²) in [6, 6.07) is 10.8. The summed E-state index contributed by atoms with van der Waals surface area (Å²) in [6.07, 6.45) is 0. The van der Waals surface area contributed by atoms with Crippen LogP contribution in [-0.2, 0) is 9.09 Å². The van der Waals surface area contributed by atoms with Gasteiger partial charge in [-0.3, -0.25) is 4.57 Å². The van der Waals surface area contributed by atoms with Gasteiger partial charge in [0.1, 0.15) is 11.5 Å². The average molecular weight is 345 g/mol. The van der Waals surface area contributed by atoms with Crippen molar-refractivity contribution in [2.24, 2.45) is 0 Å². The SMILES string of the molecule is C=c1ccc2c(c1)Oc1cc(N(C)C)ccc1C=2P(=O)(O)OCC. The third-order valence-corrected chi connectivity index (χ3v) is 5.50. The van der Waals surface area contributed by atoms with Crippen LogP contribution in [0.4, 0.5) is 5.69 Å². The Balaban J connectivity index is 2.35. The maximum Gasteiger partial charge on any atom is 0.360 e. The number of benzene rings is 2. The van der Waals surface area contributed by atoms with Crippen LogP contribution in [0.1, 0.15) is 12.5 Å². The predicted octanol–water partition coefficient (Wildman–Crippen LogP) is 2.65. The van der Waals surface area contributed by atoms with E-state index >= 15 is 0 Å². The Morgan fingerprint density at radius 1 is 1.21 bits per heavy atom. The number of anilines is 1. The molecule has 0 amide bonds. The fourth-order valence-corrected chi connectivity index (χ4v) is 4.18. The summed E-state index contributed by atoms with van der Waals surface area (Å²) >= 11 is 0. The van der Waals surface area contributed by atoms with Gasteiger partial charge in [-0.05, 0) is 36.4 Å². The normalized spacial score (nSPS) is 15.1. The van der Waals surface area contributed by atoms with Gasteiger partial charge < -0.3 is 19.1 Å². The summed E-state index contributed by atoms with van der Waals surface area (Å²) in [5.74, 6) is 1.04. The zero-order valence-electron chi connectivity index (χ0n) is 13.9. The predicted molar refractivity (Wildman–Crippen MR) is 96.0 cm³/mol. The largest absolute Gasteiger partial charge is 0.456 e. The third kappa shape index (κ3) is 2.86. The Morgan fingerprint density at radius 2 is 1.96 bits per heavy atom. The van der Waals surface area contributed by atoms with Gasteiger partial charge in [-0.15, -0.1) is 0 Å². The molecule has 6 heteroatoms. The Kier molecular flexibility index (Phi) is 4.26. The molecule has 0 saturated carbocycles. The molecule has 2 aromatic carbocycles. The molecule has 3 rings (SSSR count). The molecule has 0 aromatic heterocycles. The summed E-state index contributed by atoms with van der Waals surface area (Å²) in [7, 11) is -0.134. The van der Waals surface area contributed by atoms with E-state index in [1.54, 1.807) is 31.2 Å². The highest BCUT2D eigenvalue weighted by Crippen LogP contribution is 2.57. The molecule has 0 saturated heterocycles. The van der Waals surface area contributed by atoms with Gasteiger partial charge in [0.05, 0.1) is 11.9 Å². The van der Waals surface area contributed by atoms with Crippen LogP contribution in [0.15, 0.2) is 36.4 Å². The first-order chi connectivity index (χ1) is 11.3. The van der Waals surface area contributed by atoms with E-state index < -0.39 is 7.60 Å². The van der Waals surface area contributed by atoms with Crippen molar-refractivity contribution < 1.29 is 18.7 Å². The van der Waals surface area contributed by atoms with Gasteiger partial charge in [-0.1, -0.05) is 12.6 Å². The first-order valence-corrected chi connectivity index (χ1v) is 9.22. The van der Waals surface area contributed by atoms with Crippen molar-refractivity contribution in [2.45, 2.75) is 6.92 Å². The second-order valence-electron chi connectivity index (χ2n) is 5.79. The molecule has 1 unspecified atom stereocenters. The lowest BCUT2D eigenvalue weighted by Gasteiger charge is -2.24. The van der Waals surface area contributed by atoms with E-state index in [0.29, 0.717) is 22.3 Å². The van der Waals surface area contributed by atoms with Crippen molar-refractivity contribution in [3.8, 4) is 11.5 Å². The molecular formula is C18H20NO4P. The Hall–Kier alpha value is -2.07. The van der Waals surface area contributed by atoms with Crippen LogP contribution in [0.25, 0.3) is 11.9 Å². The smallest absolute Gasteiger partial charge is 0.360 e. The van der Waals surface area contributed by atoms with Crippen molar-refractivity contribution in [3.63, 3.8) is 0 Å².